The molecule has 0 aliphatic carbocycles. The van der Waals surface area contributed by atoms with Crippen LogP contribution in [0.2, 0.25) is 0 Å². The molecule has 0 bridgehead atoms. The third-order valence-electron chi connectivity index (χ3n) is 9.51. The minimum atomic E-state index is -9.37. The van der Waals surface area contributed by atoms with E-state index in [4.69, 9.17) is 0 Å². The van der Waals surface area contributed by atoms with Gasteiger partial charge < -0.3 is 5.21 Å². The zero-order valence-electron chi connectivity index (χ0n) is 30.6. The first-order valence-corrected chi connectivity index (χ1v) is 15.7. The Morgan fingerprint density at radius 1 is 0.344 bits per heavy atom. The van der Waals surface area contributed by atoms with Crippen LogP contribution in [-0.2, 0) is 0 Å². The van der Waals surface area contributed by atoms with Gasteiger partial charge in [-0.2, -0.15) is 154 Å². The normalized spacial score (nSPS) is 20.1. The van der Waals surface area contributed by atoms with E-state index < -0.39 is 143 Å². The Morgan fingerprint density at radius 3 is 0.703 bits per heavy atom. The van der Waals surface area contributed by atoms with Crippen LogP contribution >= 0.6 is 0 Å². The van der Waals surface area contributed by atoms with Crippen LogP contribution in [0.1, 0.15) is 40.5 Å². The molecule has 0 unspecified atom stereocenters. The van der Waals surface area contributed by atoms with Gasteiger partial charge in [-0.3, -0.25) is 4.90 Å². The summed E-state index contributed by atoms with van der Waals surface area (Å²) in [5.74, 6) is -125. The van der Waals surface area contributed by atoms with E-state index >= 15 is 17.6 Å². The maximum atomic E-state index is 15.1. The molecule has 0 aromatic rings. The summed E-state index contributed by atoms with van der Waals surface area (Å²) >= 11 is 0. The number of rotatable bonds is 17. The van der Waals surface area contributed by atoms with Crippen LogP contribution in [0.4, 0.5) is 149 Å². The maximum absolute atomic E-state index is 15.1. The van der Waals surface area contributed by atoms with Crippen molar-refractivity contribution in [1.82, 2.24) is 9.96 Å². The zero-order valence-corrected chi connectivity index (χ0v) is 30.6. The number of alkyl halides is 34. The summed E-state index contributed by atoms with van der Waals surface area (Å²) in [5, 5.41) is 10.3. The molecular formula is C27H22F34N2O. The maximum Gasteiger partial charge on any atom is 0.460 e. The molecule has 0 aromatic heterocycles. The first-order chi connectivity index (χ1) is 27.0. The molecule has 1 N–H and O–H groups in total. The molecule has 1 heterocycles. The van der Waals surface area contributed by atoms with Gasteiger partial charge in [0.15, 0.2) is 0 Å². The lowest BCUT2D eigenvalue weighted by Crippen LogP contribution is -2.76. The molecule has 64 heavy (non-hydrogen) atoms. The molecule has 1 aliphatic heterocycles. The van der Waals surface area contributed by atoms with Crippen LogP contribution in [0.3, 0.4) is 0 Å². The summed E-state index contributed by atoms with van der Waals surface area (Å²) in [6, 6.07) is -3.16. The first-order valence-electron chi connectivity index (χ1n) is 15.7. The van der Waals surface area contributed by atoms with Crippen molar-refractivity contribution in [1.29, 1.82) is 0 Å². The monoisotopic (exact) mass is 1040 g/mol. The van der Waals surface area contributed by atoms with Gasteiger partial charge >= 0.3 is 95.3 Å². The van der Waals surface area contributed by atoms with Crippen molar-refractivity contribution in [2.24, 2.45) is 0 Å². The van der Waals surface area contributed by atoms with Gasteiger partial charge in [-0.05, 0) is 40.5 Å². The molecule has 1 aliphatic rings. The van der Waals surface area contributed by atoms with Crippen LogP contribution in [0.5, 0.6) is 0 Å². The average molecular weight is 1040 g/mol. The first kappa shape index (κ1) is 59.5. The Labute approximate surface area is 331 Å². The van der Waals surface area contributed by atoms with Crippen LogP contribution in [-0.4, -0.2) is 141 Å². The van der Waals surface area contributed by atoms with Crippen molar-refractivity contribution in [3.63, 3.8) is 0 Å². The van der Waals surface area contributed by atoms with E-state index in [2.05, 4.69) is 0 Å². The van der Waals surface area contributed by atoms with Crippen molar-refractivity contribution in [3.8, 4) is 0 Å². The van der Waals surface area contributed by atoms with E-state index in [1.807, 2.05) is 0 Å². The number of hydrogen-bond donors (Lipinski definition) is 1. The standard InChI is InChI=1S/C27H22F34N2O/c1-10(2)5-9(6-11(3,4)63(10)64)62(7-12(28,29)14(32,33)16(36,37)18(40,41)20(44,45)22(48,49)24(52,53)26(56,57)58)8-13(30,31)15(34,35)17(38,39)19(42,43)21(46,47)23(50,51)25(54,55)27(59,60)61/h9,64H,5-8H2,1-4H3. The van der Waals surface area contributed by atoms with Crippen molar-refractivity contribution >= 4 is 0 Å². The number of hydroxylamine groups is 2. The van der Waals surface area contributed by atoms with E-state index in [9.17, 15) is 137 Å². The molecule has 384 valence electrons. The summed E-state index contributed by atoms with van der Waals surface area (Å²) in [5.41, 5.74) is -4.88. The van der Waals surface area contributed by atoms with E-state index in [1.54, 1.807) is 0 Å². The summed E-state index contributed by atoms with van der Waals surface area (Å²) < 4.78 is 471. The van der Waals surface area contributed by atoms with Gasteiger partial charge in [0.25, 0.3) is 0 Å². The van der Waals surface area contributed by atoms with E-state index in [0.29, 0.717) is 27.7 Å². The highest BCUT2D eigenvalue weighted by Gasteiger charge is 2.97. The van der Waals surface area contributed by atoms with Gasteiger partial charge in [0.1, 0.15) is 0 Å². The van der Waals surface area contributed by atoms with E-state index in [0.717, 1.165) is 0 Å². The average Bonchev–Trinajstić information content (AvgIpc) is 3.04. The number of nitrogens with zero attached hydrogens (tertiary/aromatic N) is 2. The highest BCUT2D eigenvalue weighted by atomic mass is 19.4. The van der Waals surface area contributed by atoms with E-state index in [-0.39, 0.29) is 5.06 Å². The highest BCUT2D eigenvalue weighted by molar-refractivity contribution is 5.18. The van der Waals surface area contributed by atoms with Gasteiger partial charge in [0, 0.05) is 17.1 Å². The van der Waals surface area contributed by atoms with Crippen molar-refractivity contribution in [2.75, 3.05) is 13.1 Å². The van der Waals surface area contributed by atoms with Crippen LogP contribution < -0.4 is 0 Å². The molecule has 0 atom stereocenters. The van der Waals surface area contributed by atoms with E-state index in [1.165, 1.54) is 0 Å². The molecule has 0 saturated carbocycles. The molecule has 1 rings (SSSR count). The summed E-state index contributed by atoms with van der Waals surface area (Å²) in [6.07, 6.45) is -19.9. The topological polar surface area (TPSA) is 26.7 Å². The third kappa shape index (κ3) is 8.00. The van der Waals surface area contributed by atoms with Gasteiger partial charge in [0.05, 0.1) is 13.1 Å². The summed E-state index contributed by atoms with van der Waals surface area (Å²) in [4.78, 5) is -1.87. The van der Waals surface area contributed by atoms with Crippen LogP contribution in [0, 0.1) is 0 Å². The summed E-state index contributed by atoms with van der Waals surface area (Å²) in [7, 11) is 0. The zero-order chi connectivity index (χ0) is 52.6. The summed E-state index contributed by atoms with van der Waals surface area (Å²) in [6.45, 7) is -6.59. The minimum Gasteiger partial charge on any atom is -0.313 e. The van der Waals surface area contributed by atoms with Crippen molar-refractivity contribution in [3.05, 3.63) is 0 Å². The molecule has 37 heteroatoms. The highest BCUT2D eigenvalue weighted by Crippen LogP contribution is 2.66. The Hall–Kier alpha value is -2.50. The van der Waals surface area contributed by atoms with Crippen molar-refractivity contribution < 1.29 is 154 Å². The fourth-order valence-electron chi connectivity index (χ4n) is 5.89. The van der Waals surface area contributed by atoms with Crippen LogP contribution in [0.15, 0.2) is 0 Å². The molecule has 0 aromatic carbocycles. The quantitative estimate of drug-likeness (QED) is 0.147. The molecule has 1 fully saturated rings. The fraction of sp³-hybridized carbons (Fsp3) is 1.00. The smallest absolute Gasteiger partial charge is 0.313 e. The SMILES string of the molecule is CC1(C)CC(N(CC(F)(F)C(F)(F)C(F)(F)C(F)(F)C(F)(F)C(F)(F)C(F)(F)C(F)(F)F)CC(F)(F)C(F)(F)C(F)(F)C(F)(F)C(F)(F)C(F)(F)C(F)(F)C(F)(F)F)CC(C)(C)N1O. The second kappa shape index (κ2) is 15.3. The van der Waals surface area contributed by atoms with Gasteiger partial charge in [-0.1, -0.05) is 0 Å². The van der Waals surface area contributed by atoms with Crippen LogP contribution in [0.25, 0.3) is 0 Å². The third-order valence-corrected chi connectivity index (χ3v) is 9.51. The predicted octanol–water partition coefficient (Wildman–Crippen LogP) is 12.7. The minimum absolute atomic E-state index is 0.0183. The molecule has 0 radical (unpaired) electrons. The molecular weight excluding hydrogens is 1010 g/mol. The predicted molar refractivity (Wildman–Crippen MR) is 138 cm³/mol. The molecule has 0 spiro atoms. The second-order valence-corrected chi connectivity index (χ2v) is 15.2. The Balaban J connectivity index is 4.19. The lowest BCUT2D eigenvalue weighted by molar-refractivity contribution is -0.463. The Morgan fingerprint density at radius 2 is 0.516 bits per heavy atom. The van der Waals surface area contributed by atoms with Crippen molar-refractivity contribution in [2.45, 2.75) is 153 Å². The fourth-order valence-corrected chi connectivity index (χ4v) is 5.89. The van der Waals surface area contributed by atoms with Gasteiger partial charge in [-0.25, -0.2) is 0 Å². The molecule has 3 nitrogen and oxygen atoms in total. The van der Waals surface area contributed by atoms with Gasteiger partial charge in [-0.15, -0.1) is 0 Å². The number of halogens is 34. The molecule has 0 amide bonds. The number of hydrogen-bond acceptors (Lipinski definition) is 3. The molecule has 1 saturated heterocycles. The Kier molecular flexibility index (Phi) is 14.2. The van der Waals surface area contributed by atoms with Gasteiger partial charge in [0.2, 0.25) is 0 Å². The number of piperidine rings is 1. The lowest BCUT2D eigenvalue weighted by Gasteiger charge is -2.54. The second-order valence-electron chi connectivity index (χ2n) is 15.2. The Bertz CT molecular complexity index is 1550. The largest absolute Gasteiger partial charge is 0.460 e. The lowest BCUT2D eigenvalue weighted by atomic mass is 9.78.